The highest BCUT2D eigenvalue weighted by Gasteiger charge is 2.15. The summed E-state index contributed by atoms with van der Waals surface area (Å²) in [6.45, 7) is 2.06. The minimum absolute atomic E-state index is 0.103. The topological polar surface area (TPSA) is 71.2 Å². The first kappa shape index (κ1) is 21.2. The van der Waals surface area contributed by atoms with Gasteiger partial charge in [-0.3, -0.25) is 10.1 Å². The van der Waals surface area contributed by atoms with Crippen molar-refractivity contribution in [2.45, 2.75) is 71.1 Å². The summed E-state index contributed by atoms with van der Waals surface area (Å²) in [5.74, 6) is 0. The summed E-state index contributed by atoms with van der Waals surface area (Å²) >= 11 is 0. The number of aromatic nitrogens is 1. The maximum absolute atomic E-state index is 12.9. The minimum atomic E-state index is -0.511. The van der Waals surface area contributed by atoms with Crippen LogP contribution in [0.2, 0.25) is 0 Å². The zero-order valence-electron chi connectivity index (χ0n) is 17.4. The molecule has 156 valence electrons. The Kier molecular flexibility index (Phi) is 7.91. The standard InChI is InChI=1S/C24H32N2O3/c1-2-29-24(28)26-22-16-12-11-14-19(22)20-17-18-13-9-7-5-3-4-6-8-10-15-21(18)25-23(20)27/h11-12,14,16-17H,2-10,13,15H2,1H3,(H,25,27)(H,26,28). The van der Waals surface area contributed by atoms with Crippen LogP contribution in [0, 0.1) is 0 Å². The number of hydrogen-bond acceptors (Lipinski definition) is 3. The van der Waals surface area contributed by atoms with E-state index in [4.69, 9.17) is 4.74 Å². The highest BCUT2D eigenvalue weighted by Crippen LogP contribution is 2.28. The van der Waals surface area contributed by atoms with Gasteiger partial charge in [0, 0.05) is 16.8 Å². The molecule has 2 aromatic rings. The molecule has 0 aliphatic heterocycles. The molecular formula is C24H32N2O3. The predicted octanol–water partition coefficient (Wildman–Crippen LogP) is 5.83. The quantitative estimate of drug-likeness (QED) is 0.686. The molecule has 0 unspecified atom stereocenters. The Morgan fingerprint density at radius 1 is 0.966 bits per heavy atom. The molecule has 0 spiro atoms. The second-order valence-electron chi connectivity index (χ2n) is 7.74. The van der Waals surface area contributed by atoms with Gasteiger partial charge in [0.25, 0.3) is 5.56 Å². The largest absolute Gasteiger partial charge is 0.450 e. The number of pyridine rings is 1. The molecule has 0 saturated carbocycles. The van der Waals surface area contributed by atoms with Crippen molar-refractivity contribution in [2.75, 3.05) is 11.9 Å². The molecule has 1 aliphatic rings. The lowest BCUT2D eigenvalue weighted by atomic mass is 9.95. The summed E-state index contributed by atoms with van der Waals surface area (Å²) < 4.78 is 5.00. The molecule has 0 fully saturated rings. The lowest BCUT2D eigenvalue weighted by molar-refractivity contribution is 0.168. The van der Waals surface area contributed by atoms with E-state index < -0.39 is 6.09 Å². The van der Waals surface area contributed by atoms with Crippen LogP contribution in [0.3, 0.4) is 0 Å². The summed E-state index contributed by atoms with van der Waals surface area (Å²) in [4.78, 5) is 28.0. The molecule has 1 heterocycles. The van der Waals surface area contributed by atoms with E-state index in [1.54, 1.807) is 13.0 Å². The molecule has 5 heteroatoms. The third kappa shape index (κ3) is 5.96. The van der Waals surface area contributed by atoms with Gasteiger partial charge in [0.1, 0.15) is 0 Å². The van der Waals surface area contributed by atoms with E-state index in [2.05, 4.69) is 10.3 Å². The maximum atomic E-state index is 12.9. The van der Waals surface area contributed by atoms with Crippen LogP contribution in [-0.4, -0.2) is 17.7 Å². The van der Waals surface area contributed by atoms with Crippen LogP contribution in [0.15, 0.2) is 35.1 Å². The number of H-pyrrole nitrogens is 1. The van der Waals surface area contributed by atoms with Crippen LogP contribution >= 0.6 is 0 Å². The molecule has 5 nitrogen and oxygen atoms in total. The fourth-order valence-corrected chi connectivity index (χ4v) is 4.04. The van der Waals surface area contributed by atoms with Gasteiger partial charge in [-0.2, -0.15) is 0 Å². The molecule has 3 rings (SSSR count). The van der Waals surface area contributed by atoms with E-state index >= 15 is 0 Å². The van der Waals surface area contributed by atoms with Crippen LogP contribution in [0.5, 0.6) is 0 Å². The van der Waals surface area contributed by atoms with E-state index in [-0.39, 0.29) is 5.56 Å². The van der Waals surface area contributed by atoms with Gasteiger partial charge in [-0.1, -0.05) is 56.7 Å². The van der Waals surface area contributed by atoms with Crippen molar-refractivity contribution < 1.29 is 9.53 Å². The maximum Gasteiger partial charge on any atom is 0.411 e. The van der Waals surface area contributed by atoms with Crippen molar-refractivity contribution in [1.82, 2.24) is 4.98 Å². The normalized spacial score (nSPS) is 15.5. The summed E-state index contributed by atoms with van der Waals surface area (Å²) in [5, 5.41) is 2.76. The highest BCUT2D eigenvalue weighted by atomic mass is 16.5. The van der Waals surface area contributed by atoms with Crippen molar-refractivity contribution in [2.24, 2.45) is 0 Å². The second kappa shape index (κ2) is 10.8. The average molecular weight is 397 g/mol. The van der Waals surface area contributed by atoms with Gasteiger partial charge in [0.2, 0.25) is 0 Å². The number of anilines is 1. The van der Waals surface area contributed by atoms with Gasteiger partial charge in [-0.15, -0.1) is 0 Å². The van der Waals surface area contributed by atoms with Gasteiger partial charge < -0.3 is 9.72 Å². The van der Waals surface area contributed by atoms with Crippen LogP contribution in [0.1, 0.15) is 69.5 Å². The van der Waals surface area contributed by atoms with E-state index in [0.717, 1.165) is 36.9 Å². The number of para-hydroxylation sites is 1. The number of nitrogens with one attached hydrogen (secondary N) is 2. The number of carbonyl (C=O) groups is 1. The number of aryl methyl sites for hydroxylation is 2. The molecule has 1 aromatic heterocycles. The number of amides is 1. The van der Waals surface area contributed by atoms with Gasteiger partial charge in [0.05, 0.1) is 12.3 Å². The van der Waals surface area contributed by atoms with Crippen LogP contribution < -0.4 is 10.9 Å². The Labute approximate surface area is 172 Å². The number of fused-ring (bicyclic) bond motifs is 1. The van der Waals surface area contributed by atoms with Crippen molar-refractivity contribution in [1.29, 1.82) is 0 Å². The summed E-state index contributed by atoms with van der Waals surface area (Å²) in [6, 6.07) is 9.42. The van der Waals surface area contributed by atoms with Crippen molar-refractivity contribution >= 4 is 11.8 Å². The summed E-state index contributed by atoms with van der Waals surface area (Å²) in [5.41, 5.74) is 4.11. The highest BCUT2D eigenvalue weighted by molar-refractivity contribution is 5.91. The number of ether oxygens (including phenoxy) is 1. The Morgan fingerprint density at radius 3 is 2.34 bits per heavy atom. The Morgan fingerprint density at radius 2 is 1.62 bits per heavy atom. The van der Waals surface area contributed by atoms with E-state index in [1.807, 2.05) is 24.3 Å². The van der Waals surface area contributed by atoms with Crippen molar-refractivity contribution in [3.05, 3.63) is 51.9 Å². The van der Waals surface area contributed by atoms with Crippen LogP contribution in [-0.2, 0) is 17.6 Å². The monoisotopic (exact) mass is 396 g/mol. The molecular weight excluding hydrogens is 364 g/mol. The number of benzene rings is 1. The Balaban J connectivity index is 1.93. The number of carbonyl (C=O) groups excluding carboxylic acids is 1. The zero-order valence-corrected chi connectivity index (χ0v) is 17.4. The second-order valence-corrected chi connectivity index (χ2v) is 7.74. The zero-order chi connectivity index (χ0) is 20.5. The Hall–Kier alpha value is -2.56. The molecule has 0 atom stereocenters. The van der Waals surface area contributed by atoms with Gasteiger partial charge in [-0.25, -0.2) is 4.79 Å². The lowest BCUT2D eigenvalue weighted by Crippen LogP contribution is -2.17. The van der Waals surface area contributed by atoms with Crippen LogP contribution in [0.25, 0.3) is 11.1 Å². The van der Waals surface area contributed by atoms with Crippen molar-refractivity contribution in [3.63, 3.8) is 0 Å². The fourth-order valence-electron chi connectivity index (χ4n) is 4.04. The average Bonchev–Trinajstić information content (AvgIpc) is 2.70. The minimum Gasteiger partial charge on any atom is -0.450 e. The molecule has 1 amide bonds. The van der Waals surface area contributed by atoms with Gasteiger partial charge in [0.15, 0.2) is 0 Å². The molecule has 0 radical (unpaired) electrons. The molecule has 0 saturated heterocycles. The predicted molar refractivity (Wildman–Crippen MR) is 117 cm³/mol. The third-order valence-electron chi connectivity index (χ3n) is 5.57. The first-order valence-electron chi connectivity index (χ1n) is 11.0. The summed E-state index contributed by atoms with van der Waals surface area (Å²) in [7, 11) is 0. The van der Waals surface area contributed by atoms with E-state index in [1.165, 1.54) is 44.1 Å². The first-order chi connectivity index (χ1) is 14.2. The first-order valence-corrected chi connectivity index (χ1v) is 11.0. The lowest BCUT2D eigenvalue weighted by Gasteiger charge is -2.15. The number of aromatic amines is 1. The van der Waals surface area contributed by atoms with Crippen LogP contribution in [0.4, 0.5) is 10.5 Å². The summed E-state index contributed by atoms with van der Waals surface area (Å²) in [6.07, 6.45) is 11.3. The van der Waals surface area contributed by atoms with E-state index in [0.29, 0.717) is 17.9 Å². The SMILES string of the molecule is CCOC(=O)Nc1ccccc1-c1cc2c([nH]c1=O)CCCCCCCCCC2. The number of hydrogen-bond donors (Lipinski definition) is 2. The number of rotatable bonds is 3. The van der Waals surface area contributed by atoms with Gasteiger partial charge in [-0.05, 0) is 50.3 Å². The molecule has 0 bridgehead atoms. The third-order valence-corrected chi connectivity index (χ3v) is 5.57. The molecule has 2 N–H and O–H groups in total. The van der Waals surface area contributed by atoms with Crippen molar-refractivity contribution in [3.8, 4) is 11.1 Å². The van der Waals surface area contributed by atoms with E-state index in [9.17, 15) is 9.59 Å². The molecule has 1 aromatic carbocycles. The fraction of sp³-hybridized carbons (Fsp3) is 0.500. The Bertz CT molecular complexity index is 873. The smallest absolute Gasteiger partial charge is 0.411 e. The van der Waals surface area contributed by atoms with Gasteiger partial charge >= 0.3 is 6.09 Å². The molecule has 1 aliphatic carbocycles. The molecule has 29 heavy (non-hydrogen) atoms.